The molecule has 0 aliphatic carbocycles. The number of amides is 1. The molecule has 1 atom stereocenters. The highest BCUT2D eigenvalue weighted by Crippen LogP contribution is 2.46. The van der Waals surface area contributed by atoms with Gasteiger partial charge in [-0.1, -0.05) is 30.4 Å². The van der Waals surface area contributed by atoms with Crippen LogP contribution in [0.2, 0.25) is 0 Å². The molecule has 0 spiro atoms. The summed E-state index contributed by atoms with van der Waals surface area (Å²) in [6.45, 7) is 2.07. The Hall–Kier alpha value is -4.37. The molecule has 1 saturated heterocycles. The predicted molar refractivity (Wildman–Crippen MR) is 146 cm³/mol. The highest BCUT2D eigenvalue weighted by Gasteiger charge is 2.48. The molecule has 0 saturated carbocycles. The van der Waals surface area contributed by atoms with E-state index in [1.165, 1.54) is 30.5 Å². The molecule has 5 rings (SSSR count). The van der Waals surface area contributed by atoms with Gasteiger partial charge >= 0.3 is 5.91 Å². The Morgan fingerprint density at radius 3 is 2.34 bits per heavy atom. The van der Waals surface area contributed by atoms with Gasteiger partial charge in [0.05, 0.1) is 43.2 Å². The number of nitrogens with zero attached hydrogens (tertiary/aromatic N) is 2. The molecule has 4 aromatic rings. The number of benzene rings is 3. The summed E-state index contributed by atoms with van der Waals surface area (Å²) in [6.07, 6.45) is 0.862. The quantitative estimate of drug-likeness (QED) is 0.191. The van der Waals surface area contributed by atoms with Gasteiger partial charge in [-0.2, -0.15) is 0 Å². The molecule has 1 unspecified atom stereocenters. The van der Waals surface area contributed by atoms with Crippen LogP contribution in [0.4, 0.5) is 5.13 Å². The lowest BCUT2D eigenvalue weighted by Crippen LogP contribution is -2.29. The van der Waals surface area contributed by atoms with Crippen LogP contribution in [0.3, 0.4) is 0 Å². The van der Waals surface area contributed by atoms with E-state index in [4.69, 9.17) is 19.2 Å². The van der Waals surface area contributed by atoms with Gasteiger partial charge in [0, 0.05) is 5.56 Å². The number of hydrogen-bond donors (Lipinski definition) is 1. The topological polar surface area (TPSA) is 98.2 Å². The first kappa shape index (κ1) is 25.3. The Bertz CT molecular complexity index is 1570. The number of anilines is 1. The van der Waals surface area contributed by atoms with Gasteiger partial charge in [0.1, 0.15) is 11.5 Å². The minimum atomic E-state index is -0.942. The van der Waals surface area contributed by atoms with Crippen LogP contribution in [0.15, 0.2) is 66.2 Å². The summed E-state index contributed by atoms with van der Waals surface area (Å²) in [7, 11) is 4.58. The van der Waals surface area contributed by atoms with Crippen molar-refractivity contribution in [2.45, 2.75) is 19.4 Å². The first-order valence-corrected chi connectivity index (χ1v) is 12.8. The van der Waals surface area contributed by atoms with Crippen LogP contribution in [0.25, 0.3) is 16.0 Å². The zero-order valence-electron chi connectivity index (χ0n) is 21.3. The SMILES string of the molecule is CCc1ccc2nc(N3C(=O)C(=O)C(=C(O)c4ccc(OC)cc4)C3c3ccc(OC)c(OC)c3)sc2c1. The molecule has 194 valence electrons. The van der Waals surface area contributed by atoms with Crippen LogP contribution >= 0.6 is 11.3 Å². The number of carbonyl (C=O) groups is 2. The number of aliphatic hydroxyl groups excluding tert-OH is 1. The van der Waals surface area contributed by atoms with Crippen molar-refractivity contribution < 1.29 is 28.9 Å². The summed E-state index contributed by atoms with van der Waals surface area (Å²) < 4.78 is 17.0. The normalized spacial score (nSPS) is 16.7. The van der Waals surface area contributed by atoms with Gasteiger partial charge in [-0.3, -0.25) is 14.5 Å². The van der Waals surface area contributed by atoms with Crippen molar-refractivity contribution in [3.8, 4) is 17.2 Å². The molecule has 1 N–H and O–H groups in total. The average molecular weight is 531 g/mol. The van der Waals surface area contributed by atoms with Gasteiger partial charge in [0.25, 0.3) is 5.78 Å². The Morgan fingerprint density at radius 1 is 0.947 bits per heavy atom. The fourth-order valence-corrected chi connectivity index (χ4v) is 5.61. The molecular formula is C29H26N2O6S. The van der Waals surface area contributed by atoms with Gasteiger partial charge in [0.15, 0.2) is 16.6 Å². The Kier molecular flexibility index (Phi) is 6.77. The monoisotopic (exact) mass is 530 g/mol. The number of carbonyl (C=O) groups excluding carboxylic acids is 2. The number of aromatic nitrogens is 1. The molecule has 0 radical (unpaired) electrons. The first-order chi connectivity index (χ1) is 18.4. The van der Waals surface area contributed by atoms with Crippen molar-refractivity contribution in [2.24, 2.45) is 0 Å². The number of hydrogen-bond acceptors (Lipinski definition) is 8. The second-order valence-corrected chi connectivity index (χ2v) is 9.67. The second kappa shape index (κ2) is 10.2. The van der Waals surface area contributed by atoms with E-state index in [1.54, 1.807) is 49.6 Å². The molecule has 9 heteroatoms. The van der Waals surface area contributed by atoms with Gasteiger partial charge in [-0.05, 0) is 66.1 Å². The lowest BCUT2D eigenvalue weighted by molar-refractivity contribution is -0.132. The van der Waals surface area contributed by atoms with Crippen LogP contribution in [-0.4, -0.2) is 43.1 Å². The zero-order valence-corrected chi connectivity index (χ0v) is 22.2. The van der Waals surface area contributed by atoms with E-state index in [0.717, 1.165) is 22.2 Å². The van der Waals surface area contributed by atoms with Crippen LogP contribution < -0.4 is 19.1 Å². The fraction of sp³-hybridized carbons (Fsp3) is 0.207. The molecule has 1 fully saturated rings. The zero-order chi connectivity index (χ0) is 27.0. The molecule has 8 nitrogen and oxygen atoms in total. The lowest BCUT2D eigenvalue weighted by Gasteiger charge is -2.23. The van der Waals surface area contributed by atoms with Crippen LogP contribution in [0.5, 0.6) is 17.2 Å². The van der Waals surface area contributed by atoms with E-state index >= 15 is 0 Å². The van der Waals surface area contributed by atoms with Crippen LogP contribution in [-0.2, 0) is 16.0 Å². The number of aliphatic hydroxyl groups is 1. The van der Waals surface area contributed by atoms with Crippen LogP contribution in [0, 0.1) is 0 Å². The van der Waals surface area contributed by atoms with E-state index in [1.807, 2.05) is 18.2 Å². The smallest absolute Gasteiger partial charge is 0.301 e. The number of Topliss-reactive ketones (excluding diaryl/α,β-unsaturated/α-hetero) is 1. The molecule has 1 aliphatic rings. The number of fused-ring (bicyclic) bond motifs is 1. The highest BCUT2D eigenvalue weighted by molar-refractivity contribution is 7.22. The lowest BCUT2D eigenvalue weighted by atomic mass is 9.95. The summed E-state index contributed by atoms with van der Waals surface area (Å²) >= 11 is 1.33. The van der Waals surface area contributed by atoms with Crippen molar-refractivity contribution >= 4 is 44.1 Å². The number of rotatable bonds is 7. The Morgan fingerprint density at radius 2 is 1.68 bits per heavy atom. The van der Waals surface area contributed by atoms with Crippen molar-refractivity contribution in [2.75, 3.05) is 26.2 Å². The van der Waals surface area contributed by atoms with E-state index in [0.29, 0.717) is 33.5 Å². The van der Waals surface area contributed by atoms with E-state index in [2.05, 4.69) is 6.92 Å². The number of aryl methyl sites for hydroxylation is 1. The fourth-order valence-electron chi connectivity index (χ4n) is 4.55. The maximum Gasteiger partial charge on any atom is 0.301 e. The van der Waals surface area contributed by atoms with Crippen molar-refractivity contribution in [1.29, 1.82) is 0 Å². The van der Waals surface area contributed by atoms with Gasteiger partial charge in [-0.25, -0.2) is 4.98 Å². The number of ketones is 1. The van der Waals surface area contributed by atoms with Crippen molar-refractivity contribution in [3.63, 3.8) is 0 Å². The maximum atomic E-state index is 13.5. The molecule has 3 aromatic carbocycles. The maximum absolute atomic E-state index is 13.5. The van der Waals surface area contributed by atoms with Gasteiger partial charge in [0.2, 0.25) is 0 Å². The largest absolute Gasteiger partial charge is 0.507 e. The molecular weight excluding hydrogens is 504 g/mol. The Labute approximate surface area is 223 Å². The predicted octanol–water partition coefficient (Wildman–Crippen LogP) is 5.51. The first-order valence-electron chi connectivity index (χ1n) is 12.0. The van der Waals surface area contributed by atoms with E-state index in [-0.39, 0.29) is 11.3 Å². The average Bonchev–Trinajstić information content (AvgIpc) is 3.49. The minimum Gasteiger partial charge on any atom is -0.507 e. The summed E-state index contributed by atoms with van der Waals surface area (Å²) in [5.74, 6) is -0.337. The molecule has 2 heterocycles. The molecule has 1 amide bonds. The summed E-state index contributed by atoms with van der Waals surface area (Å²) in [5, 5.41) is 11.7. The van der Waals surface area contributed by atoms with E-state index in [9.17, 15) is 14.7 Å². The molecule has 1 aliphatic heterocycles. The van der Waals surface area contributed by atoms with Gasteiger partial charge in [-0.15, -0.1) is 0 Å². The second-order valence-electron chi connectivity index (χ2n) is 8.66. The third kappa shape index (κ3) is 4.24. The standard InChI is InChI=1S/C29H26N2O6S/c1-5-16-6-12-20-23(14-16)38-29(30-20)31-25(18-9-13-21(36-3)22(15-18)37-4)24(27(33)28(31)34)26(32)17-7-10-19(35-2)11-8-17/h6-15,25,32H,5H2,1-4H3. The number of ether oxygens (including phenoxy) is 3. The molecule has 1 aromatic heterocycles. The van der Waals surface area contributed by atoms with Gasteiger partial charge < -0.3 is 19.3 Å². The molecule has 0 bridgehead atoms. The Balaban J connectivity index is 1.72. The number of methoxy groups -OCH3 is 3. The van der Waals surface area contributed by atoms with Crippen molar-refractivity contribution in [1.82, 2.24) is 4.98 Å². The minimum absolute atomic E-state index is 0.0408. The van der Waals surface area contributed by atoms with Crippen LogP contribution in [0.1, 0.15) is 29.7 Å². The third-order valence-electron chi connectivity index (χ3n) is 6.59. The van der Waals surface area contributed by atoms with E-state index < -0.39 is 17.7 Å². The summed E-state index contributed by atoms with van der Waals surface area (Å²) in [6, 6.07) is 16.8. The summed E-state index contributed by atoms with van der Waals surface area (Å²) in [4.78, 5) is 33.1. The third-order valence-corrected chi connectivity index (χ3v) is 7.60. The van der Waals surface area contributed by atoms with Crippen molar-refractivity contribution in [3.05, 3.63) is 82.9 Å². The summed E-state index contributed by atoms with van der Waals surface area (Å²) in [5.41, 5.74) is 2.77. The highest BCUT2D eigenvalue weighted by atomic mass is 32.1. The number of thiazole rings is 1. The molecule has 38 heavy (non-hydrogen) atoms.